The van der Waals surface area contributed by atoms with E-state index in [9.17, 15) is 4.79 Å². The third-order valence-electron chi connectivity index (χ3n) is 0.817. The second-order valence-electron chi connectivity index (χ2n) is 3.16. The van der Waals surface area contributed by atoms with Crippen molar-refractivity contribution in [1.82, 2.24) is 5.32 Å². The molecule has 0 aromatic rings. The van der Waals surface area contributed by atoms with Crippen molar-refractivity contribution in [2.75, 3.05) is 6.73 Å². The molecule has 0 fully saturated rings. The summed E-state index contributed by atoms with van der Waals surface area (Å²) in [6, 6.07) is 0. The van der Waals surface area contributed by atoms with E-state index in [1.807, 2.05) is 0 Å². The molecule has 0 aromatic carbocycles. The van der Waals surface area contributed by atoms with Crippen LogP contribution in [0.2, 0.25) is 0 Å². The fraction of sp³-hybridized carbons (Fsp3) is 0.625. The molecule has 0 heterocycles. The molecule has 0 radical (unpaired) electrons. The van der Waals surface area contributed by atoms with Crippen molar-refractivity contribution >= 4 is 6.09 Å². The summed E-state index contributed by atoms with van der Waals surface area (Å²) in [5.74, 6) is 0. The highest BCUT2D eigenvalue weighted by atomic mass is 16.6. The molecule has 1 amide bonds. The van der Waals surface area contributed by atoms with Crippen LogP contribution in [0.25, 0.3) is 0 Å². The first kappa shape index (κ1) is 10.8. The zero-order valence-electron chi connectivity index (χ0n) is 7.72. The van der Waals surface area contributed by atoms with E-state index in [0.717, 1.165) is 0 Å². The Bertz CT molecular complexity index is 160. The summed E-state index contributed by atoms with van der Waals surface area (Å²) in [4.78, 5) is 10.9. The smallest absolute Gasteiger partial charge is 0.410 e. The fourth-order valence-electron chi connectivity index (χ4n) is 0.474. The topological polar surface area (TPSA) is 47.6 Å². The van der Waals surface area contributed by atoms with E-state index in [2.05, 4.69) is 16.6 Å². The number of alkyl carbamates (subject to hydrolysis) is 1. The van der Waals surface area contributed by atoms with E-state index >= 15 is 0 Å². The highest BCUT2D eigenvalue weighted by Gasteiger charge is 2.15. The van der Waals surface area contributed by atoms with Gasteiger partial charge in [-0.2, -0.15) is 0 Å². The number of amides is 1. The van der Waals surface area contributed by atoms with Crippen LogP contribution in [0.3, 0.4) is 0 Å². The van der Waals surface area contributed by atoms with Crippen molar-refractivity contribution < 1.29 is 14.3 Å². The number of carbonyl (C=O) groups excluding carboxylic acids is 1. The first-order valence-electron chi connectivity index (χ1n) is 3.65. The summed E-state index contributed by atoms with van der Waals surface area (Å²) < 4.78 is 9.59. The lowest BCUT2D eigenvalue weighted by Gasteiger charge is -2.19. The molecular formula is C8H15NO3. The molecule has 0 saturated heterocycles. The molecule has 4 nitrogen and oxygen atoms in total. The van der Waals surface area contributed by atoms with Crippen LogP contribution in [0.4, 0.5) is 4.79 Å². The standard InChI is InChI=1S/C8H15NO3/c1-5-11-6-9-7(10)12-8(2,3)4/h5H,1,6H2,2-4H3,(H,9,10). The van der Waals surface area contributed by atoms with Gasteiger partial charge in [-0.15, -0.1) is 0 Å². The van der Waals surface area contributed by atoms with Gasteiger partial charge in [-0.1, -0.05) is 6.58 Å². The Morgan fingerprint density at radius 2 is 2.17 bits per heavy atom. The lowest BCUT2D eigenvalue weighted by molar-refractivity contribution is 0.0465. The van der Waals surface area contributed by atoms with Crippen LogP contribution in [-0.2, 0) is 9.47 Å². The Balaban J connectivity index is 3.53. The molecule has 4 heteroatoms. The van der Waals surface area contributed by atoms with Gasteiger partial charge in [-0.25, -0.2) is 4.79 Å². The Kier molecular flexibility index (Phi) is 4.18. The van der Waals surface area contributed by atoms with Crippen LogP contribution in [0.5, 0.6) is 0 Å². The number of hydrogen-bond donors (Lipinski definition) is 1. The molecule has 70 valence electrons. The quantitative estimate of drug-likeness (QED) is 0.401. The maximum Gasteiger partial charge on any atom is 0.410 e. The summed E-state index contributed by atoms with van der Waals surface area (Å²) in [6.45, 7) is 8.78. The van der Waals surface area contributed by atoms with E-state index < -0.39 is 11.7 Å². The zero-order chi connectivity index (χ0) is 9.61. The molecule has 12 heavy (non-hydrogen) atoms. The van der Waals surface area contributed by atoms with Crippen LogP contribution >= 0.6 is 0 Å². The second-order valence-corrected chi connectivity index (χ2v) is 3.16. The average molecular weight is 173 g/mol. The first-order valence-corrected chi connectivity index (χ1v) is 3.65. The number of hydrogen-bond acceptors (Lipinski definition) is 3. The monoisotopic (exact) mass is 173 g/mol. The van der Waals surface area contributed by atoms with E-state index in [0.29, 0.717) is 0 Å². The van der Waals surface area contributed by atoms with Gasteiger partial charge in [0.1, 0.15) is 5.60 Å². The molecule has 0 aliphatic carbocycles. The second kappa shape index (κ2) is 4.64. The maximum absolute atomic E-state index is 10.9. The van der Waals surface area contributed by atoms with Gasteiger partial charge in [-0.05, 0) is 20.8 Å². The summed E-state index contributed by atoms with van der Waals surface area (Å²) >= 11 is 0. The van der Waals surface area contributed by atoms with E-state index in [1.54, 1.807) is 20.8 Å². The SMILES string of the molecule is C=COCNC(=O)OC(C)(C)C. The summed E-state index contributed by atoms with van der Waals surface area (Å²) in [5.41, 5.74) is -0.474. The lowest BCUT2D eigenvalue weighted by atomic mass is 10.2. The summed E-state index contributed by atoms with van der Waals surface area (Å²) in [6.07, 6.45) is 0.751. The molecule has 0 aliphatic heterocycles. The van der Waals surface area contributed by atoms with Crippen LogP contribution in [0.15, 0.2) is 12.8 Å². The van der Waals surface area contributed by atoms with Gasteiger partial charge in [0, 0.05) is 0 Å². The van der Waals surface area contributed by atoms with Crippen molar-refractivity contribution in [2.45, 2.75) is 26.4 Å². The third kappa shape index (κ3) is 6.92. The van der Waals surface area contributed by atoms with Crippen molar-refractivity contribution in [2.24, 2.45) is 0 Å². The Morgan fingerprint density at radius 3 is 2.58 bits per heavy atom. The Labute approximate surface area is 72.5 Å². The minimum Gasteiger partial charge on any atom is -0.481 e. The number of ether oxygens (including phenoxy) is 2. The van der Waals surface area contributed by atoms with Crippen molar-refractivity contribution in [3.8, 4) is 0 Å². The molecule has 0 saturated carbocycles. The van der Waals surface area contributed by atoms with E-state index in [4.69, 9.17) is 4.74 Å². The fourth-order valence-corrected chi connectivity index (χ4v) is 0.474. The molecule has 0 rings (SSSR count). The van der Waals surface area contributed by atoms with Crippen LogP contribution in [-0.4, -0.2) is 18.4 Å². The van der Waals surface area contributed by atoms with Gasteiger partial charge in [0.25, 0.3) is 0 Å². The lowest BCUT2D eigenvalue weighted by Crippen LogP contribution is -2.33. The van der Waals surface area contributed by atoms with Gasteiger partial charge in [-0.3, -0.25) is 5.32 Å². The van der Waals surface area contributed by atoms with Crippen LogP contribution in [0, 0.1) is 0 Å². The van der Waals surface area contributed by atoms with Crippen molar-refractivity contribution in [3.05, 3.63) is 12.8 Å². The normalized spacial score (nSPS) is 10.2. The summed E-state index contributed by atoms with van der Waals surface area (Å²) in [7, 11) is 0. The number of rotatable bonds is 3. The van der Waals surface area contributed by atoms with Gasteiger partial charge in [0.15, 0.2) is 6.73 Å². The average Bonchev–Trinajstić information content (AvgIpc) is 1.84. The van der Waals surface area contributed by atoms with Crippen molar-refractivity contribution in [1.29, 1.82) is 0 Å². The molecule has 0 aromatic heterocycles. The van der Waals surface area contributed by atoms with Crippen LogP contribution in [0.1, 0.15) is 20.8 Å². The van der Waals surface area contributed by atoms with Crippen LogP contribution < -0.4 is 5.32 Å². The summed E-state index contributed by atoms with van der Waals surface area (Å²) in [5, 5.41) is 2.39. The minimum absolute atomic E-state index is 0.0818. The van der Waals surface area contributed by atoms with Gasteiger partial charge in [0.05, 0.1) is 6.26 Å². The van der Waals surface area contributed by atoms with Gasteiger partial charge in [0.2, 0.25) is 0 Å². The highest BCUT2D eigenvalue weighted by Crippen LogP contribution is 2.05. The predicted molar refractivity (Wildman–Crippen MR) is 45.5 cm³/mol. The highest BCUT2D eigenvalue weighted by molar-refractivity contribution is 5.67. The number of nitrogens with one attached hydrogen (secondary N) is 1. The first-order chi connectivity index (χ1) is 5.45. The number of carbonyl (C=O) groups is 1. The molecule has 0 spiro atoms. The molecule has 0 aliphatic rings. The molecule has 0 bridgehead atoms. The van der Waals surface area contributed by atoms with Gasteiger partial charge >= 0.3 is 6.09 Å². The predicted octanol–water partition coefficient (Wildman–Crippen LogP) is 1.63. The van der Waals surface area contributed by atoms with Crippen molar-refractivity contribution in [3.63, 3.8) is 0 Å². The molecule has 0 unspecified atom stereocenters. The minimum atomic E-state index is -0.496. The van der Waals surface area contributed by atoms with E-state index in [-0.39, 0.29) is 6.73 Å². The molecule has 1 N–H and O–H groups in total. The molecular weight excluding hydrogens is 158 g/mol. The van der Waals surface area contributed by atoms with Gasteiger partial charge < -0.3 is 9.47 Å². The van der Waals surface area contributed by atoms with E-state index in [1.165, 1.54) is 6.26 Å². The largest absolute Gasteiger partial charge is 0.481 e. The Hall–Kier alpha value is -1.19. The Morgan fingerprint density at radius 1 is 1.58 bits per heavy atom. The third-order valence-corrected chi connectivity index (χ3v) is 0.817. The zero-order valence-corrected chi connectivity index (χ0v) is 7.72. The molecule has 0 atom stereocenters. The maximum atomic E-state index is 10.9.